The quantitative estimate of drug-likeness (QED) is 0.906. The number of benzene rings is 1. The standard InChI is InChI=1S/C19H20FN3O2/c1-23-17(24)11-15(18(23)14-6-4-9-21-12-14)19(25)22-10-8-13-5-2-3-7-16(13)20/h2-7,9,12,15,18H,8,10-11H2,1H3,(H,22,25)/t15-,18-/m0/s1. The minimum absolute atomic E-state index is 0.0666. The molecule has 0 bridgehead atoms. The van der Waals surface area contributed by atoms with E-state index in [1.54, 1.807) is 48.6 Å². The van der Waals surface area contributed by atoms with E-state index in [4.69, 9.17) is 0 Å². The van der Waals surface area contributed by atoms with Crippen molar-refractivity contribution in [2.24, 2.45) is 5.92 Å². The molecule has 0 radical (unpaired) electrons. The van der Waals surface area contributed by atoms with Crippen LogP contribution in [0.3, 0.4) is 0 Å². The molecule has 130 valence electrons. The van der Waals surface area contributed by atoms with Crippen LogP contribution in [0.25, 0.3) is 0 Å². The molecule has 6 heteroatoms. The van der Waals surface area contributed by atoms with Crippen LogP contribution in [0.1, 0.15) is 23.6 Å². The van der Waals surface area contributed by atoms with E-state index in [0.717, 1.165) is 5.56 Å². The Hall–Kier alpha value is -2.76. The Kier molecular flexibility index (Phi) is 5.07. The average Bonchev–Trinajstić information content (AvgIpc) is 2.92. The summed E-state index contributed by atoms with van der Waals surface area (Å²) in [4.78, 5) is 30.4. The summed E-state index contributed by atoms with van der Waals surface area (Å²) in [5.41, 5.74) is 1.40. The smallest absolute Gasteiger partial charge is 0.226 e. The number of hydrogen-bond acceptors (Lipinski definition) is 3. The van der Waals surface area contributed by atoms with Crippen molar-refractivity contribution in [1.82, 2.24) is 15.2 Å². The molecule has 1 saturated heterocycles. The number of aromatic nitrogens is 1. The zero-order valence-electron chi connectivity index (χ0n) is 14.0. The second kappa shape index (κ2) is 7.42. The Morgan fingerprint density at radius 1 is 1.32 bits per heavy atom. The molecular weight excluding hydrogens is 321 g/mol. The Morgan fingerprint density at radius 2 is 2.12 bits per heavy atom. The van der Waals surface area contributed by atoms with E-state index < -0.39 is 5.92 Å². The van der Waals surface area contributed by atoms with Crippen LogP contribution in [-0.2, 0) is 16.0 Å². The van der Waals surface area contributed by atoms with Crippen molar-refractivity contribution in [2.75, 3.05) is 13.6 Å². The molecule has 0 spiro atoms. The number of hydrogen-bond donors (Lipinski definition) is 1. The molecular formula is C19H20FN3O2. The number of carbonyl (C=O) groups is 2. The van der Waals surface area contributed by atoms with E-state index in [1.807, 2.05) is 6.07 Å². The molecule has 2 amide bonds. The Bertz CT molecular complexity index is 766. The predicted molar refractivity (Wildman–Crippen MR) is 91.0 cm³/mol. The first-order valence-electron chi connectivity index (χ1n) is 8.24. The second-order valence-corrected chi connectivity index (χ2v) is 6.18. The molecule has 1 aromatic carbocycles. The van der Waals surface area contributed by atoms with Crippen molar-refractivity contribution in [3.63, 3.8) is 0 Å². The van der Waals surface area contributed by atoms with Crippen molar-refractivity contribution in [3.8, 4) is 0 Å². The highest BCUT2D eigenvalue weighted by molar-refractivity contribution is 5.90. The number of likely N-dealkylation sites (tertiary alicyclic amines) is 1. The van der Waals surface area contributed by atoms with Crippen LogP contribution in [0, 0.1) is 11.7 Å². The van der Waals surface area contributed by atoms with Crippen LogP contribution in [0.5, 0.6) is 0 Å². The van der Waals surface area contributed by atoms with Gasteiger partial charge in [-0.1, -0.05) is 24.3 Å². The highest BCUT2D eigenvalue weighted by Gasteiger charge is 2.42. The number of carbonyl (C=O) groups excluding carboxylic acids is 2. The van der Waals surface area contributed by atoms with Gasteiger partial charge < -0.3 is 10.2 Å². The third-order valence-corrected chi connectivity index (χ3v) is 4.60. The fourth-order valence-electron chi connectivity index (χ4n) is 3.26. The van der Waals surface area contributed by atoms with Crippen LogP contribution < -0.4 is 5.32 Å². The molecule has 2 aromatic rings. The molecule has 1 aliphatic heterocycles. The minimum atomic E-state index is -0.470. The van der Waals surface area contributed by atoms with Gasteiger partial charge >= 0.3 is 0 Å². The van der Waals surface area contributed by atoms with E-state index in [0.29, 0.717) is 18.5 Å². The molecule has 2 atom stereocenters. The first kappa shape index (κ1) is 17.1. The van der Waals surface area contributed by atoms with Crippen LogP contribution in [0.2, 0.25) is 0 Å². The maximum atomic E-state index is 13.6. The third-order valence-electron chi connectivity index (χ3n) is 4.60. The number of halogens is 1. The van der Waals surface area contributed by atoms with E-state index in [-0.39, 0.29) is 30.1 Å². The summed E-state index contributed by atoms with van der Waals surface area (Å²) >= 11 is 0. The van der Waals surface area contributed by atoms with Gasteiger partial charge in [-0.2, -0.15) is 0 Å². The van der Waals surface area contributed by atoms with Crippen LogP contribution in [0.4, 0.5) is 4.39 Å². The van der Waals surface area contributed by atoms with Gasteiger partial charge in [0.05, 0.1) is 12.0 Å². The fourth-order valence-corrected chi connectivity index (χ4v) is 3.26. The summed E-state index contributed by atoms with van der Waals surface area (Å²) in [5.74, 6) is -1.01. The first-order chi connectivity index (χ1) is 12.1. The number of nitrogens with zero attached hydrogens (tertiary/aromatic N) is 2. The molecule has 1 aliphatic rings. The van der Waals surface area contributed by atoms with Crippen molar-refractivity contribution in [1.29, 1.82) is 0 Å². The van der Waals surface area contributed by atoms with Crippen molar-refractivity contribution < 1.29 is 14.0 Å². The lowest BCUT2D eigenvalue weighted by molar-refractivity contribution is -0.128. The topological polar surface area (TPSA) is 62.3 Å². The molecule has 0 unspecified atom stereocenters. The summed E-state index contributed by atoms with van der Waals surface area (Å²) < 4.78 is 13.6. The van der Waals surface area contributed by atoms with Gasteiger partial charge in [0.25, 0.3) is 0 Å². The molecule has 0 saturated carbocycles. The van der Waals surface area contributed by atoms with Gasteiger partial charge in [0, 0.05) is 32.4 Å². The molecule has 1 aromatic heterocycles. The fraction of sp³-hybridized carbons (Fsp3) is 0.316. The summed E-state index contributed by atoms with van der Waals surface area (Å²) in [7, 11) is 1.70. The maximum absolute atomic E-state index is 13.6. The van der Waals surface area contributed by atoms with Gasteiger partial charge in [0.1, 0.15) is 5.82 Å². The van der Waals surface area contributed by atoms with Crippen LogP contribution >= 0.6 is 0 Å². The zero-order valence-corrected chi connectivity index (χ0v) is 14.0. The molecule has 2 heterocycles. The van der Waals surface area contributed by atoms with Gasteiger partial charge in [0.15, 0.2) is 0 Å². The van der Waals surface area contributed by atoms with E-state index in [9.17, 15) is 14.0 Å². The Morgan fingerprint density at radius 3 is 2.84 bits per heavy atom. The normalized spacial score (nSPS) is 19.9. The summed E-state index contributed by atoms with van der Waals surface area (Å²) in [6.45, 7) is 0.327. The number of rotatable bonds is 5. The van der Waals surface area contributed by atoms with Gasteiger partial charge in [0.2, 0.25) is 11.8 Å². The van der Waals surface area contributed by atoms with Crippen LogP contribution in [0.15, 0.2) is 48.8 Å². The molecule has 25 heavy (non-hydrogen) atoms. The van der Waals surface area contributed by atoms with E-state index in [2.05, 4.69) is 10.3 Å². The first-order valence-corrected chi connectivity index (χ1v) is 8.24. The second-order valence-electron chi connectivity index (χ2n) is 6.18. The lowest BCUT2D eigenvalue weighted by atomic mass is 9.94. The highest BCUT2D eigenvalue weighted by Crippen LogP contribution is 2.36. The Balaban J connectivity index is 1.66. The lowest BCUT2D eigenvalue weighted by Gasteiger charge is -2.24. The molecule has 1 N–H and O–H groups in total. The molecule has 3 rings (SSSR count). The van der Waals surface area contributed by atoms with Gasteiger partial charge in [-0.25, -0.2) is 4.39 Å². The maximum Gasteiger partial charge on any atom is 0.226 e. The number of nitrogens with one attached hydrogen (secondary N) is 1. The number of pyridine rings is 1. The lowest BCUT2D eigenvalue weighted by Crippen LogP contribution is -2.35. The van der Waals surface area contributed by atoms with Gasteiger partial charge in [-0.15, -0.1) is 0 Å². The van der Waals surface area contributed by atoms with Crippen LogP contribution in [-0.4, -0.2) is 35.3 Å². The third kappa shape index (κ3) is 3.68. The van der Waals surface area contributed by atoms with Gasteiger partial charge in [-0.3, -0.25) is 14.6 Å². The predicted octanol–water partition coefficient (Wildman–Crippen LogP) is 2.10. The average molecular weight is 341 g/mol. The molecule has 1 fully saturated rings. The minimum Gasteiger partial charge on any atom is -0.355 e. The Labute approximate surface area is 145 Å². The van der Waals surface area contributed by atoms with E-state index >= 15 is 0 Å². The van der Waals surface area contributed by atoms with Gasteiger partial charge in [-0.05, 0) is 29.7 Å². The highest BCUT2D eigenvalue weighted by atomic mass is 19.1. The monoisotopic (exact) mass is 341 g/mol. The van der Waals surface area contributed by atoms with Crippen molar-refractivity contribution in [3.05, 3.63) is 65.7 Å². The molecule has 5 nitrogen and oxygen atoms in total. The SMILES string of the molecule is CN1C(=O)C[C@H](C(=O)NCCc2ccccc2F)[C@@H]1c1cccnc1. The molecule has 0 aliphatic carbocycles. The number of amides is 2. The summed E-state index contributed by atoms with van der Waals surface area (Å²) in [6.07, 6.45) is 3.91. The van der Waals surface area contributed by atoms with E-state index in [1.165, 1.54) is 6.07 Å². The largest absolute Gasteiger partial charge is 0.355 e. The summed E-state index contributed by atoms with van der Waals surface area (Å²) in [6, 6.07) is 9.84. The summed E-state index contributed by atoms with van der Waals surface area (Å²) in [5, 5.41) is 2.84. The zero-order chi connectivity index (χ0) is 17.8. The van der Waals surface area contributed by atoms with Crippen molar-refractivity contribution >= 4 is 11.8 Å². The van der Waals surface area contributed by atoms with Crippen molar-refractivity contribution in [2.45, 2.75) is 18.9 Å².